The molecule has 1 aliphatic rings. The highest BCUT2D eigenvalue weighted by atomic mass is 32.2. The zero-order chi connectivity index (χ0) is 35.6. The summed E-state index contributed by atoms with van der Waals surface area (Å²) in [4.78, 5) is 4.52. The van der Waals surface area contributed by atoms with Gasteiger partial charge in [-0.3, -0.25) is 0 Å². The second-order valence-corrected chi connectivity index (χ2v) is 13.1. The van der Waals surface area contributed by atoms with E-state index in [0.29, 0.717) is 10.8 Å². The van der Waals surface area contributed by atoms with Gasteiger partial charge < -0.3 is 26.9 Å². The van der Waals surface area contributed by atoms with Gasteiger partial charge in [0.2, 0.25) is 0 Å². The lowest BCUT2D eigenvalue weighted by Gasteiger charge is -2.23. The molecule has 1 N–H and O–H groups in total. The minimum atomic E-state index is -4.42. The molecule has 0 saturated carbocycles. The van der Waals surface area contributed by atoms with Gasteiger partial charge in [-0.25, -0.2) is 13.0 Å². The Morgan fingerprint density at radius 1 is 0.640 bits per heavy atom. The predicted molar refractivity (Wildman–Crippen MR) is 211 cm³/mol. The van der Waals surface area contributed by atoms with E-state index >= 15 is 0 Å². The molecule has 8 heteroatoms. The number of anilines is 2. The Balaban J connectivity index is 0.000000352. The van der Waals surface area contributed by atoms with E-state index in [2.05, 4.69) is 129 Å². The quantitative estimate of drug-likeness (QED) is 0.0961. The summed E-state index contributed by atoms with van der Waals surface area (Å²) < 4.78 is 34.6. The Kier molecular flexibility index (Phi) is 14.6. The molecule has 0 saturated heterocycles. The summed E-state index contributed by atoms with van der Waals surface area (Å²) in [6.45, 7) is 19.4. The summed E-state index contributed by atoms with van der Waals surface area (Å²) in [5.74, 6) is 0.0974. The smallest absolute Gasteiger partial charge is 0.199 e. The molecule has 0 unspecified atom stereocenters. The number of hydrogen-bond donors (Lipinski definition) is 1. The number of phenols is 1. The van der Waals surface area contributed by atoms with Crippen LogP contribution in [0, 0.1) is 7.43 Å². The Hall–Kier alpha value is -4.66. The molecule has 4 aromatic rings. The topological polar surface area (TPSA) is 86.9 Å². The predicted octanol–water partition coefficient (Wildman–Crippen LogP) is 8.70. The van der Waals surface area contributed by atoms with Crippen molar-refractivity contribution in [1.82, 2.24) is 0 Å². The van der Waals surface area contributed by atoms with Crippen molar-refractivity contribution in [1.29, 1.82) is 0 Å². The van der Waals surface area contributed by atoms with Crippen molar-refractivity contribution in [2.75, 3.05) is 49.1 Å². The first-order valence-electron chi connectivity index (χ1n) is 17.2. The van der Waals surface area contributed by atoms with Crippen LogP contribution in [0.1, 0.15) is 52.7 Å². The number of hydrogen-bond acceptors (Lipinski definition) is 6. The van der Waals surface area contributed by atoms with Crippen LogP contribution in [0.5, 0.6) is 5.75 Å². The summed E-state index contributed by atoms with van der Waals surface area (Å²) >= 11 is 0. The molecule has 0 radical (unpaired) electrons. The molecule has 0 spiro atoms. The average molecular weight is 695 g/mol. The fraction of sp³-hybridized carbons (Fsp3) is 0.286. The summed E-state index contributed by atoms with van der Waals surface area (Å²) in [5, 5.41) is 10.5. The lowest BCUT2D eigenvalue weighted by atomic mass is 9.90. The zero-order valence-electron chi connectivity index (χ0n) is 30.6. The number of allylic oxidation sites excluding steroid dienone is 5. The second kappa shape index (κ2) is 18.4. The maximum absolute atomic E-state index is 10.7. The van der Waals surface area contributed by atoms with E-state index in [1.54, 1.807) is 6.07 Å². The Morgan fingerprint density at radius 3 is 1.50 bits per heavy atom. The number of phenolic OH excluding ortho intramolecular Hbond substituents is 1. The molecular weight excluding hydrogens is 643 g/mol. The highest BCUT2D eigenvalue weighted by molar-refractivity contribution is 7.85. The highest BCUT2D eigenvalue weighted by Gasteiger charge is 2.15. The summed E-state index contributed by atoms with van der Waals surface area (Å²) in [6.07, 6.45) is 9.08. The number of nitrogens with zero attached hydrogens (tertiary/aromatic N) is 3. The molecule has 7 nitrogen and oxygen atoms in total. The van der Waals surface area contributed by atoms with Crippen molar-refractivity contribution < 1.29 is 22.7 Å². The first-order valence-corrected chi connectivity index (χ1v) is 18.6. The Bertz CT molecular complexity index is 1870. The zero-order valence-corrected chi connectivity index (χ0v) is 31.4. The molecular formula is C42H52N3O4S-. The van der Waals surface area contributed by atoms with Gasteiger partial charge in [0.05, 0.1) is 4.90 Å². The van der Waals surface area contributed by atoms with Crippen molar-refractivity contribution in [3.63, 3.8) is 0 Å². The highest BCUT2D eigenvalue weighted by Crippen LogP contribution is 2.32. The molecule has 0 amide bonds. The minimum Gasteiger partial charge on any atom is -0.744 e. The molecule has 4 aromatic carbocycles. The third kappa shape index (κ3) is 9.73. The van der Waals surface area contributed by atoms with Crippen molar-refractivity contribution in [3.05, 3.63) is 133 Å². The van der Waals surface area contributed by atoms with E-state index in [0.717, 1.165) is 39.3 Å². The molecule has 5 rings (SSSR count). The summed E-state index contributed by atoms with van der Waals surface area (Å²) in [7, 11) is -4.42. The molecule has 50 heavy (non-hydrogen) atoms. The van der Waals surface area contributed by atoms with Crippen LogP contribution in [0.3, 0.4) is 0 Å². The van der Waals surface area contributed by atoms with Gasteiger partial charge in [0.25, 0.3) is 0 Å². The third-order valence-corrected chi connectivity index (χ3v) is 9.77. The van der Waals surface area contributed by atoms with E-state index < -0.39 is 10.1 Å². The van der Waals surface area contributed by atoms with E-state index in [9.17, 15) is 18.1 Å². The molecule has 0 heterocycles. The summed E-state index contributed by atoms with van der Waals surface area (Å²) in [5.41, 5.74) is 8.88. The first kappa shape index (κ1) is 39.8. The van der Waals surface area contributed by atoms with Crippen LogP contribution in [0.15, 0.2) is 120 Å². The van der Waals surface area contributed by atoms with Crippen molar-refractivity contribution >= 4 is 43.6 Å². The third-order valence-electron chi connectivity index (χ3n) is 8.94. The molecule has 0 fully saturated rings. The lowest BCUT2D eigenvalue weighted by molar-refractivity contribution is -0.519. The van der Waals surface area contributed by atoms with E-state index in [1.165, 1.54) is 69.7 Å². The maximum Gasteiger partial charge on any atom is 0.199 e. The van der Waals surface area contributed by atoms with Gasteiger partial charge in [0.1, 0.15) is 29.0 Å². The molecule has 0 aromatic heterocycles. The number of fused-ring (bicyclic) bond motifs is 1. The molecule has 266 valence electrons. The van der Waals surface area contributed by atoms with Crippen LogP contribution >= 0.6 is 0 Å². The van der Waals surface area contributed by atoms with Crippen LogP contribution in [0.25, 0.3) is 16.3 Å². The SMILES string of the molecule is CCN(CC)c1ccc(C(=C2C=CC(=[N+](CC)CC)C=C2)c2ccc(N(CC)CC)cc2)cc1.O=S(=O)([O-])c1ccc2cc(O)ccc2c1.[CH3-]. The van der Waals surface area contributed by atoms with Gasteiger partial charge >= 0.3 is 0 Å². The number of benzene rings is 4. The number of aromatic hydroxyl groups is 1. The van der Waals surface area contributed by atoms with Gasteiger partial charge in [0, 0.05) is 49.7 Å². The first-order chi connectivity index (χ1) is 23.6. The van der Waals surface area contributed by atoms with Gasteiger partial charge in [-0.1, -0.05) is 36.4 Å². The van der Waals surface area contributed by atoms with Gasteiger partial charge in [-0.2, -0.15) is 0 Å². The molecule has 0 atom stereocenters. The second-order valence-electron chi connectivity index (χ2n) is 11.7. The van der Waals surface area contributed by atoms with Gasteiger partial charge in [-0.15, -0.1) is 0 Å². The van der Waals surface area contributed by atoms with Gasteiger partial charge in [-0.05, 0) is 135 Å². The van der Waals surface area contributed by atoms with Crippen molar-refractivity contribution in [2.45, 2.75) is 46.4 Å². The van der Waals surface area contributed by atoms with E-state index in [1.807, 2.05) is 0 Å². The largest absolute Gasteiger partial charge is 0.744 e. The van der Waals surface area contributed by atoms with Crippen LogP contribution in [-0.4, -0.2) is 67.6 Å². The molecule has 0 bridgehead atoms. The van der Waals surface area contributed by atoms with Crippen LogP contribution in [-0.2, 0) is 10.1 Å². The molecule has 0 aliphatic heterocycles. The summed E-state index contributed by atoms with van der Waals surface area (Å²) in [6, 6.07) is 26.6. The average Bonchev–Trinajstić information content (AvgIpc) is 3.11. The van der Waals surface area contributed by atoms with E-state index in [4.69, 9.17) is 0 Å². The minimum absolute atomic E-state index is 0. The monoisotopic (exact) mass is 694 g/mol. The van der Waals surface area contributed by atoms with Crippen LogP contribution < -0.4 is 9.80 Å². The maximum atomic E-state index is 10.7. The van der Waals surface area contributed by atoms with Gasteiger partial charge in [0.15, 0.2) is 5.71 Å². The fourth-order valence-electron chi connectivity index (χ4n) is 6.15. The van der Waals surface area contributed by atoms with Crippen LogP contribution in [0.4, 0.5) is 11.4 Å². The fourth-order valence-corrected chi connectivity index (χ4v) is 6.66. The standard InChI is InChI=1S/C31H42N3.C10H8O4S.CH3/c1-7-32(8-2)28-19-13-25(14-20-28)31(26-15-21-29(22-16-26)33(9-3)10-4)27-17-23-30(24-18-27)34(11-5)12-6;11-9-3-1-8-6-10(15(12,13)14)4-2-7(8)5-9;/h13-24H,7-12H2,1-6H3;1-6,11H,(H,12,13,14);1H3/q+1;;-1/p-1. The van der Waals surface area contributed by atoms with Crippen LogP contribution in [0.2, 0.25) is 0 Å². The lowest BCUT2D eigenvalue weighted by Crippen LogP contribution is -2.21. The Morgan fingerprint density at radius 2 is 1.08 bits per heavy atom. The Labute approximate surface area is 300 Å². The van der Waals surface area contributed by atoms with Crippen molar-refractivity contribution in [2.24, 2.45) is 0 Å². The van der Waals surface area contributed by atoms with E-state index in [-0.39, 0.29) is 18.1 Å². The van der Waals surface area contributed by atoms with Crippen molar-refractivity contribution in [3.8, 4) is 5.75 Å². The molecule has 1 aliphatic carbocycles. The normalized spacial score (nSPS) is 12.2. The number of rotatable bonds is 11.